The van der Waals surface area contributed by atoms with Crippen LogP contribution in [0.4, 0.5) is 17.3 Å². The van der Waals surface area contributed by atoms with Gasteiger partial charge in [-0.05, 0) is 36.4 Å². The van der Waals surface area contributed by atoms with E-state index in [-0.39, 0.29) is 5.91 Å². The van der Waals surface area contributed by atoms with E-state index in [2.05, 4.69) is 42.6 Å². The Kier molecular flexibility index (Phi) is 5.02. The Balaban J connectivity index is 1.70. The van der Waals surface area contributed by atoms with Crippen molar-refractivity contribution in [2.24, 2.45) is 0 Å². The first kappa shape index (κ1) is 16.6. The third kappa shape index (κ3) is 4.19. The lowest BCUT2D eigenvalue weighted by atomic mass is 10.2. The highest BCUT2D eigenvalue weighted by molar-refractivity contribution is 9.10. The molecule has 122 valence electrons. The largest absolute Gasteiger partial charge is 0.323 e. The van der Waals surface area contributed by atoms with Gasteiger partial charge in [0, 0.05) is 22.6 Å². The normalized spacial score (nSPS) is 9.92. The maximum absolute atomic E-state index is 12.2. The van der Waals surface area contributed by atoms with Gasteiger partial charge in [-0.2, -0.15) is 5.26 Å². The molecular weight excluding hydrogens is 382 g/mol. The second-order valence-corrected chi connectivity index (χ2v) is 5.95. The van der Waals surface area contributed by atoms with Crippen LogP contribution in [0, 0.1) is 11.3 Å². The van der Waals surface area contributed by atoms with Crippen molar-refractivity contribution in [1.29, 1.82) is 5.26 Å². The van der Waals surface area contributed by atoms with Crippen molar-refractivity contribution in [2.75, 3.05) is 10.6 Å². The topological polar surface area (TPSA) is 90.7 Å². The number of halogens is 1. The molecule has 3 rings (SSSR count). The van der Waals surface area contributed by atoms with Gasteiger partial charge in [0.15, 0.2) is 0 Å². The van der Waals surface area contributed by atoms with E-state index < -0.39 is 0 Å². The van der Waals surface area contributed by atoms with Crippen molar-refractivity contribution < 1.29 is 4.79 Å². The number of hydrogen-bond donors (Lipinski definition) is 2. The minimum atomic E-state index is -0.300. The van der Waals surface area contributed by atoms with Gasteiger partial charge in [-0.25, -0.2) is 9.97 Å². The quantitative estimate of drug-likeness (QED) is 0.695. The Morgan fingerprint density at radius 1 is 1.04 bits per heavy atom. The van der Waals surface area contributed by atoms with Gasteiger partial charge in [0.1, 0.15) is 6.07 Å². The van der Waals surface area contributed by atoms with Gasteiger partial charge < -0.3 is 10.6 Å². The molecule has 25 heavy (non-hydrogen) atoms. The molecule has 0 aliphatic carbocycles. The smallest absolute Gasteiger partial charge is 0.258 e. The average molecular weight is 394 g/mol. The van der Waals surface area contributed by atoms with Crippen LogP contribution in [-0.4, -0.2) is 15.9 Å². The first-order valence-electron chi connectivity index (χ1n) is 7.31. The van der Waals surface area contributed by atoms with Gasteiger partial charge in [0.05, 0.1) is 16.8 Å². The van der Waals surface area contributed by atoms with Crippen LogP contribution in [0.15, 0.2) is 65.4 Å². The zero-order chi connectivity index (χ0) is 17.6. The summed E-state index contributed by atoms with van der Waals surface area (Å²) >= 11 is 3.34. The van der Waals surface area contributed by atoms with E-state index in [1.165, 1.54) is 12.4 Å². The van der Waals surface area contributed by atoms with Crippen molar-refractivity contribution in [3.63, 3.8) is 0 Å². The summed E-state index contributed by atoms with van der Waals surface area (Å²) in [5, 5.41) is 14.8. The maximum Gasteiger partial charge on any atom is 0.258 e. The standard InChI is InChI=1S/C18H12BrN5O/c19-14-5-7-15(8-6-14)23-17(25)13-10-21-18(22-11-13)24-16-4-2-1-3-12(16)9-20/h1-8,10-11H,(H,23,25)(H,21,22,24). The molecule has 0 saturated heterocycles. The van der Waals surface area contributed by atoms with Gasteiger partial charge in [0.2, 0.25) is 5.95 Å². The minimum Gasteiger partial charge on any atom is -0.323 e. The molecule has 0 radical (unpaired) electrons. The van der Waals surface area contributed by atoms with E-state index in [1.807, 2.05) is 18.2 Å². The van der Waals surface area contributed by atoms with Crippen LogP contribution in [0.25, 0.3) is 0 Å². The maximum atomic E-state index is 12.2. The van der Waals surface area contributed by atoms with Gasteiger partial charge in [-0.1, -0.05) is 28.1 Å². The number of hydrogen-bond acceptors (Lipinski definition) is 5. The van der Waals surface area contributed by atoms with Crippen LogP contribution in [-0.2, 0) is 0 Å². The Morgan fingerprint density at radius 3 is 2.40 bits per heavy atom. The molecule has 6 nitrogen and oxygen atoms in total. The molecule has 0 unspecified atom stereocenters. The first-order valence-corrected chi connectivity index (χ1v) is 8.10. The van der Waals surface area contributed by atoms with Crippen molar-refractivity contribution in [3.8, 4) is 6.07 Å². The molecule has 0 fully saturated rings. The summed E-state index contributed by atoms with van der Waals surface area (Å²) in [6.45, 7) is 0. The predicted octanol–water partition coefficient (Wildman–Crippen LogP) is 4.11. The molecule has 0 saturated carbocycles. The zero-order valence-electron chi connectivity index (χ0n) is 12.9. The van der Waals surface area contributed by atoms with E-state index in [9.17, 15) is 4.79 Å². The highest BCUT2D eigenvalue weighted by atomic mass is 79.9. The Bertz CT molecular complexity index is 933. The minimum absolute atomic E-state index is 0.300. The van der Waals surface area contributed by atoms with E-state index >= 15 is 0 Å². The van der Waals surface area contributed by atoms with Crippen molar-refractivity contribution >= 4 is 39.2 Å². The average Bonchev–Trinajstić information content (AvgIpc) is 2.64. The van der Waals surface area contributed by atoms with E-state index in [1.54, 1.807) is 30.3 Å². The summed E-state index contributed by atoms with van der Waals surface area (Å²) < 4.78 is 0.932. The summed E-state index contributed by atoms with van der Waals surface area (Å²) in [4.78, 5) is 20.5. The predicted molar refractivity (Wildman–Crippen MR) is 98.6 cm³/mol. The summed E-state index contributed by atoms with van der Waals surface area (Å²) in [6, 6.07) is 16.4. The number of nitriles is 1. The fraction of sp³-hybridized carbons (Fsp3) is 0. The number of rotatable bonds is 4. The highest BCUT2D eigenvalue weighted by Gasteiger charge is 2.09. The summed E-state index contributed by atoms with van der Waals surface area (Å²) in [6.07, 6.45) is 2.86. The molecular formula is C18H12BrN5O. The highest BCUT2D eigenvalue weighted by Crippen LogP contribution is 2.18. The molecule has 0 spiro atoms. The van der Waals surface area contributed by atoms with Gasteiger partial charge in [-0.15, -0.1) is 0 Å². The van der Waals surface area contributed by atoms with Crippen LogP contribution in [0.1, 0.15) is 15.9 Å². The Morgan fingerprint density at radius 2 is 1.72 bits per heavy atom. The number of nitrogens with one attached hydrogen (secondary N) is 2. The van der Waals surface area contributed by atoms with Crippen molar-refractivity contribution in [2.45, 2.75) is 0 Å². The number of amides is 1. The third-order valence-corrected chi connectivity index (χ3v) is 3.84. The van der Waals surface area contributed by atoms with Gasteiger partial charge in [0.25, 0.3) is 5.91 Å². The first-order chi connectivity index (χ1) is 12.2. The second-order valence-electron chi connectivity index (χ2n) is 5.04. The van der Waals surface area contributed by atoms with Crippen LogP contribution in [0.3, 0.4) is 0 Å². The van der Waals surface area contributed by atoms with Crippen LogP contribution < -0.4 is 10.6 Å². The molecule has 0 aliphatic heterocycles. The molecule has 7 heteroatoms. The lowest BCUT2D eigenvalue weighted by Gasteiger charge is -2.07. The number of anilines is 3. The van der Waals surface area contributed by atoms with E-state index in [4.69, 9.17) is 5.26 Å². The van der Waals surface area contributed by atoms with Gasteiger partial charge >= 0.3 is 0 Å². The SMILES string of the molecule is N#Cc1ccccc1Nc1ncc(C(=O)Nc2ccc(Br)cc2)cn1. The number of carbonyl (C=O) groups excluding carboxylic acids is 1. The third-order valence-electron chi connectivity index (χ3n) is 3.31. The van der Waals surface area contributed by atoms with E-state index in [0.29, 0.717) is 28.5 Å². The summed E-state index contributed by atoms with van der Waals surface area (Å²) in [5.74, 6) is 0.00851. The molecule has 0 bridgehead atoms. The molecule has 1 amide bonds. The zero-order valence-corrected chi connectivity index (χ0v) is 14.5. The van der Waals surface area contributed by atoms with Crippen LogP contribution in [0.5, 0.6) is 0 Å². The number of nitrogens with zero attached hydrogens (tertiary/aromatic N) is 3. The molecule has 2 N–H and O–H groups in total. The summed E-state index contributed by atoms with van der Waals surface area (Å²) in [7, 11) is 0. The molecule has 3 aromatic rings. The fourth-order valence-corrected chi connectivity index (χ4v) is 2.32. The number of para-hydroxylation sites is 1. The lowest BCUT2D eigenvalue weighted by molar-refractivity contribution is 0.102. The Labute approximate surface area is 152 Å². The number of benzene rings is 2. The molecule has 0 aliphatic rings. The number of carbonyl (C=O) groups is 1. The Hall–Kier alpha value is -3.24. The fourth-order valence-electron chi connectivity index (χ4n) is 2.06. The second kappa shape index (κ2) is 7.55. The lowest BCUT2D eigenvalue weighted by Crippen LogP contribution is -2.13. The molecule has 0 atom stereocenters. The molecule has 1 aromatic heterocycles. The van der Waals surface area contributed by atoms with Gasteiger partial charge in [-0.3, -0.25) is 4.79 Å². The van der Waals surface area contributed by atoms with Crippen LogP contribution in [0.2, 0.25) is 0 Å². The molecule has 1 heterocycles. The van der Waals surface area contributed by atoms with E-state index in [0.717, 1.165) is 4.47 Å². The number of aromatic nitrogens is 2. The van der Waals surface area contributed by atoms with Crippen LogP contribution >= 0.6 is 15.9 Å². The molecule has 2 aromatic carbocycles. The summed E-state index contributed by atoms with van der Waals surface area (Å²) in [5.41, 5.74) is 2.11. The van der Waals surface area contributed by atoms with Crippen molar-refractivity contribution in [3.05, 3.63) is 76.5 Å². The monoisotopic (exact) mass is 393 g/mol. The van der Waals surface area contributed by atoms with Crippen molar-refractivity contribution in [1.82, 2.24) is 9.97 Å².